The minimum Gasteiger partial charge on any atom is -0.263 e. The molecule has 2 aromatic rings. The van der Waals surface area contributed by atoms with Gasteiger partial charge < -0.3 is 0 Å². The van der Waals surface area contributed by atoms with Crippen LogP contribution in [0.3, 0.4) is 0 Å². The fourth-order valence-electron chi connectivity index (χ4n) is 2.86. The molecule has 2 aromatic carbocycles. The van der Waals surface area contributed by atoms with E-state index < -0.39 is 0 Å². The predicted octanol–water partition coefficient (Wildman–Crippen LogP) is 6.66. The molecule has 0 heterocycles. The second-order valence-corrected chi connectivity index (χ2v) is 7.95. The number of hydrogen-bond acceptors (Lipinski definition) is 0. The average molecular weight is 456 g/mol. The summed E-state index contributed by atoms with van der Waals surface area (Å²) in [6.07, 6.45) is 4.68. The van der Waals surface area contributed by atoms with Gasteiger partial charge in [-0.05, 0) is 10.6 Å². The number of benzene rings is 2. The summed E-state index contributed by atoms with van der Waals surface area (Å²) in [5.74, 6) is 0. The molecule has 0 N–H and O–H groups in total. The minimum absolute atomic E-state index is 0. The molecule has 3 rings (SSSR count). The normalized spacial score (nSPS) is 17.4. The molecule has 1 unspecified atom stereocenters. The van der Waals surface area contributed by atoms with E-state index in [0.717, 1.165) is 15.0 Å². The van der Waals surface area contributed by atoms with Crippen molar-refractivity contribution in [2.45, 2.75) is 41.0 Å². The third-order valence-electron chi connectivity index (χ3n) is 4.96. The molecule has 1 atom stereocenters. The maximum Gasteiger partial charge on any atom is 0 e. The van der Waals surface area contributed by atoms with Crippen LogP contribution in [-0.2, 0) is 21.7 Å². The summed E-state index contributed by atoms with van der Waals surface area (Å²) in [6.45, 7) is 11.1. The molecule has 0 bridgehead atoms. The van der Waals surface area contributed by atoms with E-state index in [1.165, 1.54) is 27.3 Å². The first kappa shape index (κ1) is 28.9. The van der Waals surface area contributed by atoms with Crippen molar-refractivity contribution in [3.63, 3.8) is 0 Å². The maximum absolute atomic E-state index is 3.52. The maximum atomic E-state index is 3.52. The Morgan fingerprint density at radius 2 is 1.22 bits per heavy atom. The first-order valence-electron chi connectivity index (χ1n) is 8.63. The number of allylic oxidation sites excluding steroid dienone is 4. The van der Waals surface area contributed by atoms with Crippen molar-refractivity contribution in [2.24, 2.45) is 5.41 Å². The van der Waals surface area contributed by atoms with Crippen molar-refractivity contribution in [1.82, 2.24) is 0 Å². The topological polar surface area (TPSA) is 0 Å². The zero-order valence-corrected chi connectivity index (χ0v) is 21.0. The van der Waals surface area contributed by atoms with Crippen LogP contribution < -0.4 is 10.6 Å². The van der Waals surface area contributed by atoms with Crippen LogP contribution >= 0.6 is 33.4 Å². The summed E-state index contributed by atoms with van der Waals surface area (Å²) < 4.78 is 0. The first-order chi connectivity index (χ1) is 11.5. The van der Waals surface area contributed by atoms with Crippen LogP contribution in [0.1, 0.15) is 41.0 Å². The largest absolute Gasteiger partial charge is 0.263 e. The van der Waals surface area contributed by atoms with Crippen LogP contribution in [0.4, 0.5) is 0 Å². The SMILES string of the molecule is CCC1(C)[C-]=C(C)C(C)=C1C.Cl.Cl.[Ti].c1ccc(Pc2ccccc2)cc1. The van der Waals surface area contributed by atoms with Crippen LogP contribution in [0.2, 0.25) is 0 Å². The molecule has 146 valence electrons. The van der Waals surface area contributed by atoms with E-state index in [2.05, 4.69) is 101 Å². The van der Waals surface area contributed by atoms with E-state index in [1.54, 1.807) is 0 Å². The molecule has 0 radical (unpaired) electrons. The van der Waals surface area contributed by atoms with Crippen molar-refractivity contribution >= 4 is 44.0 Å². The van der Waals surface area contributed by atoms with Gasteiger partial charge in [-0.1, -0.05) is 109 Å². The Morgan fingerprint density at radius 1 is 0.815 bits per heavy atom. The van der Waals surface area contributed by atoms with E-state index in [4.69, 9.17) is 0 Å². The Kier molecular flexibility index (Phi) is 14.7. The van der Waals surface area contributed by atoms with E-state index in [9.17, 15) is 0 Å². The average Bonchev–Trinajstić information content (AvgIpc) is 2.81. The smallest absolute Gasteiger partial charge is 0 e. The Bertz CT molecular complexity index is 689. The summed E-state index contributed by atoms with van der Waals surface area (Å²) in [5.41, 5.74) is 4.51. The molecule has 0 saturated carbocycles. The molecular weight excluding hydrogens is 426 g/mol. The van der Waals surface area contributed by atoms with Gasteiger partial charge in [0.1, 0.15) is 0 Å². The fraction of sp³-hybridized carbons (Fsp3) is 0.304. The Labute approximate surface area is 194 Å². The van der Waals surface area contributed by atoms with Crippen molar-refractivity contribution in [3.8, 4) is 0 Å². The van der Waals surface area contributed by atoms with Crippen molar-refractivity contribution in [1.29, 1.82) is 0 Å². The molecule has 0 saturated heterocycles. The molecule has 4 heteroatoms. The number of halogens is 2. The predicted molar refractivity (Wildman–Crippen MR) is 124 cm³/mol. The number of hydrogen-bond donors (Lipinski definition) is 0. The zero-order chi connectivity index (χ0) is 17.6. The molecule has 0 spiro atoms. The molecule has 0 fully saturated rings. The van der Waals surface area contributed by atoms with Crippen LogP contribution in [0.25, 0.3) is 0 Å². The van der Waals surface area contributed by atoms with E-state index in [-0.39, 0.29) is 51.9 Å². The van der Waals surface area contributed by atoms with Crippen LogP contribution in [0.5, 0.6) is 0 Å². The zero-order valence-electron chi connectivity index (χ0n) is 16.8. The van der Waals surface area contributed by atoms with Gasteiger partial charge >= 0.3 is 0 Å². The third-order valence-corrected chi connectivity index (χ3v) is 6.20. The van der Waals surface area contributed by atoms with E-state index in [1.807, 2.05) is 0 Å². The van der Waals surface area contributed by atoms with Crippen molar-refractivity contribution in [2.75, 3.05) is 0 Å². The Morgan fingerprint density at radius 3 is 1.48 bits per heavy atom. The van der Waals surface area contributed by atoms with E-state index >= 15 is 0 Å². The molecule has 0 aliphatic heterocycles. The van der Waals surface area contributed by atoms with Crippen molar-refractivity contribution < 1.29 is 21.7 Å². The third kappa shape index (κ3) is 8.27. The number of rotatable bonds is 3. The standard InChI is InChI=1S/C12H11P.C11H17.2ClH.Ti/c1-3-7-11(8-4-1)13-12-9-5-2-6-10-12;1-6-11(5)7-8(2)9(3)10(11)4;;;/h1-10,13H;6H2,1-5H3;2*1H;/q;-1;;;. The monoisotopic (exact) mass is 455 g/mol. The van der Waals surface area contributed by atoms with Gasteiger partial charge in [0.2, 0.25) is 0 Å². The van der Waals surface area contributed by atoms with E-state index in [0.29, 0.717) is 0 Å². The quantitative estimate of drug-likeness (QED) is 0.275. The van der Waals surface area contributed by atoms with Crippen LogP contribution in [-0.4, -0.2) is 0 Å². The molecule has 0 aromatic heterocycles. The summed E-state index contributed by atoms with van der Waals surface area (Å²) in [6, 6.07) is 21.2. The van der Waals surface area contributed by atoms with Crippen LogP contribution in [0, 0.1) is 11.5 Å². The second kappa shape index (κ2) is 13.8. The molecule has 0 amide bonds. The summed E-state index contributed by atoms with van der Waals surface area (Å²) >= 11 is 0. The van der Waals surface area contributed by atoms with Gasteiger partial charge in [0.25, 0.3) is 0 Å². The molecular formula is C23H30Cl2PTi-. The summed E-state index contributed by atoms with van der Waals surface area (Å²) in [7, 11) is 0.777. The van der Waals surface area contributed by atoms with Gasteiger partial charge in [-0.2, -0.15) is 11.1 Å². The van der Waals surface area contributed by atoms with Gasteiger partial charge in [-0.15, -0.1) is 31.7 Å². The molecule has 1 aliphatic carbocycles. The fourth-order valence-corrected chi connectivity index (χ4v) is 3.91. The Balaban J connectivity index is 0. The van der Waals surface area contributed by atoms with Gasteiger partial charge in [0, 0.05) is 21.7 Å². The van der Waals surface area contributed by atoms with Gasteiger partial charge in [-0.3, -0.25) is 6.08 Å². The van der Waals surface area contributed by atoms with Crippen molar-refractivity contribution in [3.05, 3.63) is 83.5 Å². The summed E-state index contributed by atoms with van der Waals surface area (Å²) in [5, 5.41) is 2.79. The molecule has 27 heavy (non-hydrogen) atoms. The van der Waals surface area contributed by atoms with Crippen LogP contribution in [0.15, 0.2) is 77.4 Å². The van der Waals surface area contributed by atoms with Gasteiger partial charge in [-0.25, -0.2) is 5.57 Å². The van der Waals surface area contributed by atoms with Gasteiger partial charge in [0.05, 0.1) is 0 Å². The minimum atomic E-state index is 0. The first-order valence-corrected chi connectivity index (χ1v) is 9.63. The summed E-state index contributed by atoms with van der Waals surface area (Å²) in [4.78, 5) is 0. The molecule has 1 aliphatic rings. The second-order valence-electron chi connectivity index (χ2n) is 6.54. The molecule has 0 nitrogen and oxygen atoms in total. The Hall–Kier alpha value is -0.356. The van der Waals surface area contributed by atoms with Gasteiger partial charge in [0.15, 0.2) is 0 Å².